The minimum atomic E-state index is -0.456. The predicted molar refractivity (Wildman–Crippen MR) is 89.9 cm³/mol. The van der Waals surface area contributed by atoms with Gasteiger partial charge in [0.15, 0.2) is 6.23 Å². The Labute approximate surface area is 136 Å². The van der Waals surface area contributed by atoms with Crippen molar-refractivity contribution in [1.29, 1.82) is 0 Å². The van der Waals surface area contributed by atoms with Crippen molar-refractivity contribution in [3.05, 3.63) is 40.7 Å². The molecule has 1 heterocycles. The fourth-order valence-corrected chi connectivity index (χ4v) is 2.15. The minimum Gasteiger partial charge on any atom is -0.472 e. The van der Waals surface area contributed by atoms with Crippen molar-refractivity contribution in [3.8, 4) is 5.75 Å². The van der Waals surface area contributed by atoms with Crippen LogP contribution in [0.3, 0.4) is 0 Å². The first-order chi connectivity index (χ1) is 9.82. The Morgan fingerprint density at radius 3 is 2.55 bits per heavy atom. The van der Waals surface area contributed by atoms with Crippen molar-refractivity contribution in [3.63, 3.8) is 0 Å². The molecule has 2 N–H and O–H groups in total. The number of benzene rings is 1. The number of rotatable bonds is 4. The van der Waals surface area contributed by atoms with Crippen LogP contribution in [0.15, 0.2) is 35.1 Å². The van der Waals surface area contributed by atoms with Crippen LogP contribution in [-0.4, -0.2) is 27.0 Å². The summed E-state index contributed by atoms with van der Waals surface area (Å²) in [6.45, 7) is 7.70. The lowest BCUT2D eigenvalue weighted by atomic mass is 10.1. The molecule has 1 unspecified atom stereocenters. The molecule has 0 aliphatic rings. The second-order valence-electron chi connectivity index (χ2n) is 6.04. The highest BCUT2D eigenvalue weighted by molar-refractivity contribution is 5.85. The molecular weight excluding hydrogens is 304 g/mol. The quantitative estimate of drug-likeness (QED) is 0.666. The van der Waals surface area contributed by atoms with Crippen LogP contribution in [0.2, 0.25) is 0 Å². The van der Waals surface area contributed by atoms with E-state index in [1.165, 1.54) is 11.1 Å². The van der Waals surface area contributed by atoms with Gasteiger partial charge in [0.05, 0.1) is 5.52 Å². The van der Waals surface area contributed by atoms with Crippen molar-refractivity contribution in [1.82, 2.24) is 10.0 Å². The van der Waals surface area contributed by atoms with Gasteiger partial charge in [0.25, 0.3) is 0 Å². The summed E-state index contributed by atoms with van der Waals surface area (Å²) in [7, 11) is 0. The van der Waals surface area contributed by atoms with Crippen LogP contribution < -0.4 is 10.3 Å². The van der Waals surface area contributed by atoms with Gasteiger partial charge in [0.1, 0.15) is 5.75 Å². The fourth-order valence-electron chi connectivity index (χ4n) is 2.15. The molecule has 0 aliphatic carbocycles. The van der Waals surface area contributed by atoms with Gasteiger partial charge in [-0.15, -0.1) is 17.5 Å². The number of halogens is 1. The number of ether oxygens (including phenoxy) is 1. The number of fused-ring (bicyclic) bond motifs is 1. The second kappa shape index (κ2) is 7.13. The van der Waals surface area contributed by atoms with Gasteiger partial charge in [0, 0.05) is 17.0 Å². The van der Waals surface area contributed by atoms with E-state index in [9.17, 15) is 10.0 Å². The number of aromatic nitrogens is 1. The Morgan fingerprint density at radius 1 is 1.27 bits per heavy atom. The topological polar surface area (TPSA) is 65.6 Å². The SMILES string of the molecule is CCC(Oc1cccc2[nH]c(=O)ccc12)N(O)C(C)(C)C.Cl. The summed E-state index contributed by atoms with van der Waals surface area (Å²) in [6, 6.07) is 8.68. The second-order valence-corrected chi connectivity index (χ2v) is 6.04. The number of hydrogen-bond acceptors (Lipinski definition) is 4. The van der Waals surface area contributed by atoms with Crippen molar-refractivity contribution >= 4 is 23.3 Å². The van der Waals surface area contributed by atoms with Gasteiger partial charge in [-0.1, -0.05) is 13.0 Å². The Hall–Kier alpha value is -1.56. The van der Waals surface area contributed by atoms with Gasteiger partial charge in [-0.25, -0.2) is 0 Å². The van der Waals surface area contributed by atoms with Crippen LogP contribution in [0, 0.1) is 0 Å². The number of pyridine rings is 1. The zero-order chi connectivity index (χ0) is 15.6. The summed E-state index contributed by atoms with van der Waals surface area (Å²) in [5, 5.41) is 12.3. The highest BCUT2D eigenvalue weighted by atomic mass is 35.5. The van der Waals surface area contributed by atoms with Crippen molar-refractivity contribution in [2.24, 2.45) is 0 Å². The standard InChI is InChI=1S/C16H22N2O3.ClH/c1-5-15(18(20)16(2,3)4)21-13-8-6-7-12-11(13)9-10-14(19)17-12;/h6-10,15,20H,5H2,1-4H3,(H,17,19);1H. The maximum Gasteiger partial charge on any atom is 0.248 e. The fraction of sp³-hybridized carbons (Fsp3) is 0.438. The van der Waals surface area contributed by atoms with Crippen LogP contribution in [0.1, 0.15) is 34.1 Å². The lowest BCUT2D eigenvalue weighted by Crippen LogP contribution is -2.48. The maximum absolute atomic E-state index is 11.4. The van der Waals surface area contributed by atoms with E-state index in [2.05, 4.69) is 4.98 Å². The average molecular weight is 327 g/mol. The van der Waals surface area contributed by atoms with Gasteiger partial charge in [-0.2, -0.15) is 0 Å². The Kier molecular flexibility index (Phi) is 6.00. The van der Waals surface area contributed by atoms with E-state index in [1.54, 1.807) is 6.07 Å². The maximum atomic E-state index is 11.4. The number of H-pyrrole nitrogens is 1. The largest absolute Gasteiger partial charge is 0.472 e. The Bertz CT molecular complexity index is 679. The van der Waals surface area contributed by atoms with Gasteiger partial charge < -0.3 is 14.9 Å². The van der Waals surface area contributed by atoms with E-state index in [-0.39, 0.29) is 18.0 Å². The number of aromatic amines is 1. The normalized spacial score (nSPS) is 13.0. The van der Waals surface area contributed by atoms with Gasteiger partial charge >= 0.3 is 0 Å². The number of hydrogen-bond donors (Lipinski definition) is 2. The lowest BCUT2D eigenvalue weighted by Gasteiger charge is -2.35. The molecule has 0 amide bonds. The summed E-state index contributed by atoms with van der Waals surface area (Å²) in [6.07, 6.45) is 0.176. The average Bonchev–Trinajstić information content (AvgIpc) is 2.42. The van der Waals surface area contributed by atoms with Crippen LogP contribution in [0.4, 0.5) is 0 Å². The lowest BCUT2D eigenvalue weighted by molar-refractivity contribution is -0.235. The third-order valence-corrected chi connectivity index (χ3v) is 3.30. The molecule has 1 atom stereocenters. The molecule has 0 fully saturated rings. The summed E-state index contributed by atoms with van der Waals surface area (Å²) in [4.78, 5) is 14.1. The van der Waals surface area contributed by atoms with Crippen LogP contribution in [0.5, 0.6) is 5.75 Å². The van der Waals surface area contributed by atoms with Crippen molar-refractivity contribution in [2.75, 3.05) is 0 Å². The zero-order valence-electron chi connectivity index (χ0n) is 13.3. The van der Waals surface area contributed by atoms with Crippen LogP contribution in [-0.2, 0) is 0 Å². The third-order valence-electron chi connectivity index (χ3n) is 3.30. The monoisotopic (exact) mass is 326 g/mol. The molecule has 0 bridgehead atoms. The van der Waals surface area contributed by atoms with Crippen LogP contribution in [0.25, 0.3) is 10.9 Å². The van der Waals surface area contributed by atoms with Crippen LogP contribution >= 0.6 is 12.4 Å². The molecule has 6 heteroatoms. The molecule has 122 valence electrons. The third kappa shape index (κ3) is 4.00. The molecule has 0 radical (unpaired) electrons. The summed E-state index contributed by atoms with van der Waals surface area (Å²) in [5.74, 6) is 0.638. The predicted octanol–water partition coefficient (Wildman–Crippen LogP) is 3.55. The highest BCUT2D eigenvalue weighted by Crippen LogP contribution is 2.26. The molecule has 0 aliphatic heterocycles. The minimum absolute atomic E-state index is 0. The molecule has 0 saturated carbocycles. The van der Waals surface area contributed by atoms with E-state index in [0.29, 0.717) is 12.2 Å². The van der Waals surface area contributed by atoms with Gasteiger partial charge in [-0.3, -0.25) is 4.79 Å². The first-order valence-corrected chi connectivity index (χ1v) is 7.10. The highest BCUT2D eigenvalue weighted by Gasteiger charge is 2.28. The van der Waals surface area contributed by atoms with Crippen molar-refractivity contribution in [2.45, 2.75) is 45.9 Å². The van der Waals surface area contributed by atoms with E-state index >= 15 is 0 Å². The van der Waals surface area contributed by atoms with E-state index in [0.717, 1.165) is 10.9 Å². The zero-order valence-corrected chi connectivity index (χ0v) is 14.1. The molecular formula is C16H23ClN2O3. The van der Waals surface area contributed by atoms with E-state index < -0.39 is 11.8 Å². The van der Waals surface area contributed by atoms with Crippen molar-refractivity contribution < 1.29 is 9.94 Å². The molecule has 1 aromatic carbocycles. The van der Waals surface area contributed by atoms with E-state index in [1.807, 2.05) is 45.9 Å². The van der Waals surface area contributed by atoms with Gasteiger partial charge in [-0.05, 0) is 45.4 Å². The molecule has 2 aromatic rings. The Morgan fingerprint density at radius 2 is 1.95 bits per heavy atom. The summed E-state index contributed by atoms with van der Waals surface area (Å²) in [5.41, 5.74) is 0.153. The number of hydroxylamine groups is 2. The molecule has 0 saturated heterocycles. The first-order valence-electron chi connectivity index (χ1n) is 7.10. The summed E-state index contributed by atoms with van der Waals surface area (Å²) >= 11 is 0. The number of nitrogens with zero attached hydrogens (tertiary/aromatic N) is 1. The van der Waals surface area contributed by atoms with E-state index in [4.69, 9.17) is 4.74 Å². The van der Waals surface area contributed by atoms with Gasteiger partial charge in [0.2, 0.25) is 5.56 Å². The molecule has 22 heavy (non-hydrogen) atoms. The molecule has 5 nitrogen and oxygen atoms in total. The molecule has 2 rings (SSSR count). The Balaban J connectivity index is 0.00000242. The summed E-state index contributed by atoms with van der Waals surface area (Å²) < 4.78 is 5.96. The molecule has 1 aromatic heterocycles. The smallest absolute Gasteiger partial charge is 0.248 e. The first kappa shape index (κ1) is 18.5. The number of nitrogens with one attached hydrogen (secondary N) is 1. The molecule has 0 spiro atoms.